The first-order valence-electron chi connectivity index (χ1n) is 6.43. The van der Waals surface area contributed by atoms with Crippen molar-refractivity contribution in [2.45, 2.75) is 45.7 Å². The minimum atomic E-state index is 0.994. The summed E-state index contributed by atoms with van der Waals surface area (Å²) in [5.41, 5.74) is 3.04. The van der Waals surface area contributed by atoms with Crippen molar-refractivity contribution in [2.24, 2.45) is 0 Å². The lowest BCUT2D eigenvalue weighted by atomic mass is 10.2. The first-order valence-corrected chi connectivity index (χ1v) is 6.43. The van der Waals surface area contributed by atoms with Crippen LogP contribution in [0.25, 0.3) is 0 Å². The van der Waals surface area contributed by atoms with Crippen molar-refractivity contribution >= 4 is 0 Å². The molecule has 0 spiro atoms. The molecule has 1 N–H and O–H groups in total. The minimum Gasteiger partial charge on any atom is -0.351 e. The number of hydrogen-bond donors (Lipinski definition) is 1. The Hall–Kier alpha value is -1.02. The van der Waals surface area contributed by atoms with Crippen LogP contribution in [0, 0.1) is 0 Å². The number of allylic oxidation sites excluding steroid dienone is 1. The summed E-state index contributed by atoms with van der Waals surface area (Å²) >= 11 is 0. The van der Waals surface area contributed by atoms with Crippen molar-refractivity contribution in [2.75, 3.05) is 6.54 Å². The molecule has 2 nitrogen and oxygen atoms in total. The summed E-state index contributed by atoms with van der Waals surface area (Å²) in [6.45, 7) is 5.36. The van der Waals surface area contributed by atoms with Gasteiger partial charge in [-0.25, -0.2) is 0 Å². The number of nitrogens with zero attached hydrogens (tertiary/aromatic N) is 1. The fraction of sp³-hybridized carbons (Fsp3) is 0.571. The van der Waals surface area contributed by atoms with Crippen molar-refractivity contribution < 1.29 is 0 Å². The first-order chi connectivity index (χ1) is 7.90. The van der Waals surface area contributed by atoms with E-state index in [0.717, 1.165) is 19.6 Å². The van der Waals surface area contributed by atoms with Crippen LogP contribution in [0.1, 0.15) is 38.3 Å². The van der Waals surface area contributed by atoms with Gasteiger partial charge in [0.2, 0.25) is 0 Å². The van der Waals surface area contributed by atoms with Gasteiger partial charge in [-0.3, -0.25) is 0 Å². The molecule has 0 radical (unpaired) electrons. The zero-order chi connectivity index (χ0) is 11.2. The van der Waals surface area contributed by atoms with E-state index in [1.54, 1.807) is 5.57 Å². The molecular weight excluding hydrogens is 196 g/mol. The van der Waals surface area contributed by atoms with Gasteiger partial charge in [-0.15, -0.1) is 0 Å². The third-order valence-electron chi connectivity index (χ3n) is 3.33. The van der Waals surface area contributed by atoms with Crippen molar-refractivity contribution in [3.8, 4) is 0 Å². The third kappa shape index (κ3) is 2.99. The number of aromatic nitrogens is 1. The molecule has 0 saturated heterocycles. The molecule has 16 heavy (non-hydrogen) atoms. The molecule has 0 fully saturated rings. The van der Waals surface area contributed by atoms with Gasteiger partial charge in [-0.05, 0) is 51.3 Å². The van der Waals surface area contributed by atoms with Gasteiger partial charge >= 0.3 is 0 Å². The Labute approximate surface area is 98.4 Å². The minimum absolute atomic E-state index is 0.994. The highest BCUT2D eigenvalue weighted by Gasteiger charge is 2.04. The normalized spacial score (nSPS) is 15.4. The van der Waals surface area contributed by atoms with Crippen molar-refractivity contribution in [1.29, 1.82) is 0 Å². The molecule has 1 aromatic heterocycles. The molecule has 0 aliphatic heterocycles. The van der Waals surface area contributed by atoms with E-state index >= 15 is 0 Å². The Morgan fingerprint density at radius 1 is 1.44 bits per heavy atom. The Balaban J connectivity index is 1.67. The molecule has 2 rings (SSSR count). The van der Waals surface area contributed by atoms with E-state index in [1.165, 1.54) is 31.4 Å². The van der Waals surface area contributed by atoms with E-state index < -0.39 is 0 Å². The highest BCUT2D eigenvalue weighted by Crippen LogP contribution is 2.19. The number of aryl methyl sites for hydroxylation is 1. The van der Waals surface area contributed by atoms with Gasteiger partial charge < -0.3 is 9.88 Å². The molecule has 0 bridgehead atoms. The molecule has 0 amide bonds. The van der Waals surface area contributed by atoms with Gasteiger partial charge in [-0.2, -0.15) is 0 Å². The van der Waals surface area contributed by atoms with Crippen LogP contribution >= 0.6 is 0 Å². The SMILES string of the molecule is CCn1cccc1CNCCC1=CCCC1. The van der Waals surface area contributed by atoms with E-state index in [2.05, 4.69) is 41.2 Å². The Kier molecular flexibility index (Phi) is 4.23. The van der Waals surface area contributed by atoms with Gasteiger partial charge in [0.25, 0.3) is 0 Å². The number of nitrogens with one attached hydrogen (secondary N) is 1. The second-order valence-corrected chi connectivity index (χ2v) is 4.47. The maximum atomic E-state index is 3.53. The average Bonchev–Trinajstić information content (AvgIpc) is 2.95. The molecule has 1 aliphatic carbocycles. The van der Waals surface area contributed by atoms with Gasteiger partial charge in [-0.1, -0.05) is 11.6 Å². The van der Waals surface area contributed by atoms with E-state index in [0.29, 0.717) is 0 Å². The summed E-state index contributed by atoms with van der Waals surface area (Å²) in [7, 11) is 0. The summed E-state index contributed by atoms with van der Waals surface area (Å²) in [5.74, 6) is 0. The molecule has 0 saturated carbocycles. The highest BCUT2D eigenvalue weighted by atomic mass is 15.0. The highest BCUT2D eigenvalue weighted by molar-refractivity contribution is 5.08. The quantitative estimate of drug-likeness (QED) is 0.573. The van der Waals surface area contributed by atoms with Crippen LogP contribution in [-0.4, -0.2) is 11.1 Å². The number of rotatable bonds is 6. The van der Waals surface area contributed by atoms with E-state index in [1.807, 2.05) is 0 Å². The standard InChI is InChI=1S/C14H22N2/c1-2-16-11-5-8-14(16)12-15-10-9-13-6-3-4-7-13/h5-6,8,11,15H,2-4,7,9-10,12H2,1H3. The van der Waals surface area contributed by atoms with Crippen LogP contribution in [0.4, 0.5) is 0 Å². The van der Waals surface area contributed by atoms with Gasteiger partial charge in [0.05, 0.1) is 0 Å². The molecule has 2 heteroatoms. The molecule has 0 aromatic carbocycles. The lowest BCUT2D eigenvalue weighted by Gasteiger charge is -2.08. The van der Waals surface area contributed by atoms with E-state index in [4.69, 9.17) is 0 Å². The Bertz CT molecular complexity index is 349. The predicted octanol–water partition coefficient (Wildman–Crippen LogP) is 3.10. The molecule has 1 aromatic rings. The van der Waals surface area contributed by atoms with Crippen LogP contribution in [0.15, 0.2) is 30.0 Å². The summed E-state index contributed by atoms with van der Waals surface area (Å²) in [4.78, 5) is 0. The zero-order valence-corrected chi connectivity index (χ0v) is 10.2. The van der Waals surface area contributed by atoms with E-state index in [9.17, 15) is 0 Å². The fourth-order valence-corrected chi connectivity index (χ4v) is 2.35. The Morgan fingerprint density at radius 2 is 2.38 bits per heavy atom. The lowest BCUT2D eigenvalue weighted by molar-refractivity contribution is 0.624. The average molecular weight is 218 g/mol. The maximum absolute atomic E-state index is 3.53. The van der Waals surface area contributed by atoms with Crippen LogP contribution in [0.3, 0.4) is 0 Å². The van der Waals surface area contributed by atoms with Gasteiger partial charge in [0.15, 0.2) is 0 Å². The predicted molar refractivity (Wildman–Crippen MR) is 68.4 cm³/mol. The Morgan fingerprint density at radius 3 is 3.12 bits per heavy atom. The van der Waals surface area contributed by atoms with Crippen molar-refractivity contribution in [3.63, 3.8) is 0 Å². The van der Waals surface area contributed by atoms with E-state index in [-0.39, 0.29) is 0 Å². The molecule has 0 atom stereocenters. The molecule has 0 unspecified atom stereocenters. The second kappa shape index (κ2) is 5.90. The third-order valence-corrected chi connectivity index (χ3v) is 3.33. The summed E-state index contributed by atoms with van der Waals surface area (Å²) in [6.07, 6.45) is 9.79. The van der Waals surface area contributed by atoms with Crippen LogP contribution in [-0.2, 0) is 13.1 Å². The largest absolute Gasteiger partial charge is 0.351 e. The molecule has 1 aliphatic rings. The summed E-state index contributed by atoms with van der Waals surface area (Å²) in [5, 5.41) is 3.53. The van der Waals surface area contributed by atoms with Crippen LogP contribution in [0.2, 0.25) is 0 Å². The molecule has 88 valence electrons. The van der Waals surface area contributed by atoms with Crippen LogP contribution in [0.5, 0.6) is 0 Å². The monoisotopic (exact) mass is 218 g/mol. The van der Waals surface area contributed by atoms with Gasteiger partial charge in [0, 0.05) is 25.0 Å². The second-order valence-electron chi connectivity index (χ2n) is 4.47. The van der Waals surface area contributed by atoms with Gasteiger partial charge in [0.1, 0.15) is 0 Å². The first kappa shape index (κ1) is 11.5. The molecular formula is C14H22N2. The molecule has 1 heterocycles. The number of hydrogen-bond acceptors (Lipinski definition) is 1. The van der Waals surface area contributed by atoms with Crippen molar-refractivity contribution in [3.05, 3.63) is 35.7 Å². The zero-order valence-electron chi connectivity index (χ0n) is 10.2. The lowest BCUT2D eigenvalue weighted by Crippen LogP contribution is -2.17. The topological polar surface area (TPSA) is 17.0 Å². The summed E-state index contributed by atoms with van der Waals surface area (Å²) in [6, 6.07) is 4.32. The summed E-state index contributed by atoms with van der Waals surface area (Å²) < 4.78 is 2.29. The smallest absolute Gasteiger partial charge is 0.0359 e. The maximum Gasteiger partial charge on any atom is 0.0359 e. The fourth-order valence-electron chi connectivity index (χ4n) is 2.35. The van der Waals surface area contributed by atoms with Crippen molar-refractivity contribution in [1.82, 2.24) is 9.88 Å². The van der Waals surface area contributed by atoms with Crippen LogP contribution < -0.4 is 5.32 Å².